The van der Waals surface area contributed by atoms with E-state index in [2.05, 4.69) is 29.0 Å². The number of non-ortho nitro benzene ring substituents is 1. The maximum absolute atomic E-state index is 10.8. The molecule has 0 aromatic heterocycles. The van der Waals surface area contributed by atoms with Gasteiger partial charge in [0.1, 0.15) is 5.69 Å². The Morgan fingerprint density at radius 1 is 1.03 bits per heavy atom. The number of nitro benzene ring substituents is 1. The van der Waals surface area contributed by atoms with Crippen molar-refractivity contribution in [1.29, 1.82) is 0 Å². The van der Waals surface area contributed by atoms with Gasteiger partial charge in [0.25, 0.3) is 5.69 Å². The highest BCUT2D eigenvalue weighted by Crippen LogP contribution is 2.30. The van der Waals surface area contributed by atoms with Crippen molar-refractivity contribution in [3.05, 3.63) is 57.6 Å². The van der Waals surface area contributed by atoms with Gasteiger partial charge in [0.15, 0.2) is 0 Å². The molecule has 0 saturated heterocycles. The van der Waals surface area contributed by atoms with Crippen LogP contribution >= 0.6 is 11.6 Å². The van der Waals surface area contributed by atoms with Gasteiger partial charge in [-0.1, -0.05) is 57.0 Å². The van der Waals surface area contributed by atoms with E-state index in [1.54, 1.807) is 0 Å². The molecule has 32 heavy (non-hydrogen) atoms. The second kappa shape index (κ2) is 13.8. The van der Waals surface area contributed by atoms with Crippen LogP contribution in [-0.2, 0) is 0 Å². The number of nitro groups is 1. The minimum atomic E-state index is -0.504. The van der Waals surface area contributed by atoms with Crippen molar-refractivity contribution in [2.75, 3.05) is 18.0 Å². The maximum Gasteiger partial charge on any atom is 0.271 e. The molecule has 0 amide bonds. The number of aliphatic hydroxyl groups excluding tert-OH is 1. The van der Waals surface area contributed by atoms with Gasteiger partial charge in [0.05, 0.1) is 21.7 Å². The van der Waals surface area contributed by atoms with Crippen molar-refractivity contribution in [3.63, 3.8) is 0 Å². The van der Waals surface area contributed by atoms with Gasteiger partial charge in [0.2, 0.25) is 0 Å². The van der Waals surface area contributed by atoms with Gasteiger partial charge in [-0.3, -0.25) is 10.1 Å². The lowest BCUT2D eigenvalue weighted by molar-refractivity contribution is -0.384. The number of rotatable bonds is 14. The fourth-order valence-corrected chi connectivity index (χ4v) is 3.67. The van der Waals surface area contributed by atoms with Crippen molar-refractivity contribution < 1.29 is 10.0 Å². The van der Waals surface area contributed by atoms with Crippen molar-refractivity contribution >= 4 is 34.4 Å². The predicted octanol–water partition coefficient (Wildman–Crippen LogP) is 7.60. The van der Waals surface area contributed by atoms with E-state index in [-0.39, 0.29) is 16.8 Å². The number of anilines is 1. The summed E-state index contributed by atoms with van der Waals surface area (Å²) in [5, 5.41) is 29.7. The zero-order valence-corrected chi connectivity index (χ0v) is 19.7. The first-order valence-corrected chi connectivity index (χ1v) is 11.7. The Morgan fingerprint density at radius 3 is 2.34 bits per heavy atom. The highest BCUT2D eigenvalue weighted by Gasteiger charge is 2.12. The molecule has 1 unspecified atom stereocenters. The zero-order chi connectivity index (χ0) is 23.3. The number of azo groups is 1. The number of unbranched alkanes of at least 4 members (excludes halogenated alkanes) is 5. The first kappa shape index (κ1) is 25.7. The molecular formula is C24H33ClN4O3. The van der Waals surface area contributed by atoms with Crippen LogP contribution in [0.1, 0.15) is 58.8 Å². The molecule has 1 atom stereocenters. The van der Waals surface area contributed by atoms with Crippen LogP contribution in [-0.4, -0.2) is 29.2 Å². The summed E-state index contributed by atoms with van der Waals surface area (Å²) in [6.45, 7) is 5.69. The molecule has 0 saturated carbocycles. The Labute approximate surface area is 195 Å². The summed E-state index contributed by atoms with van der Waals surface area (Å²) in [7, 11) is 0. The van der Waals surface area contributed by atoms with Crippen LogP contribution in [0.4, 0.5) is 22.7 Å². The fourth-order valence-electron chi connectivity index (χ4n) is 3.46. The minimum absolute atomic E-state index is 0.0864. The second-order valence-corrected chi connectivity index (χ2v) is 8.27. The van der Waals surface area contributed by atoms with Crippen molar-refractivity contribution in [2.45, 2.75) is 64.9 Å². The Hall–Kier alpha value is -2.51. The van der Waals surface area contributed by atoms with Crippen LogP contribution in [0.3, 0.4) is 0 Å². The predicted molar refractivity (Wildman–Crippen MR) is 131 cm³/mol. The minimum Gasteiger partial charge on any atom is -0.391 e. The lowest BCUT2D eigenvalue weighted by Crippen LogP contribution is -2.32. The van der Waals surface area contributed by atoms with Gasteiger partial charge in [0, 0.05) is 30.9 Å². The summed E-state index contributed by atoms with van der Waals surface area (Å²) in [4.78, 5) is 12.4. The van der Waals surface area contributed by atoms with Crippen LogP contribution in [0, 0.1) is 10.1 Å². The molecule has 0 aliphatic heterocycles. The third kappa shape index (κ3) is 8.55. The lowest BCUT2D eigenvalue weighted by atomic mass is 10.1. The van der Waals surface area contributed by atoms with Gasteiger partial charge in [-0.25, -0.2) is 0 Å². The first-order chi connectivity index (χ1) is 15.4. The van der Waals surface area contributed by atoms with E-state index in [0.717, 1.165) is 25.1 Å². The second-order valence-electron chi connectivity index (χ2n) is 7.86. The van der Waals surface area contributed by atoms with Crippen LogP contribution in [0.5, 0.6) is 0 Å². The number of hydrogen-bond acceptors (Lipinski definition) is 6. The largest absolute Gasteiger partial charge is 0.391 e. The summed E-state index contributed by atoms with van der Waals surface area (Å²) in [6.07, 6.45) is 7.80. The Morgan fingerprint density at radius 2 is 1.72 bits per heavy atom. The number of likely N-dealkylation sites (N-methyl/N-ethyl adjacent to an activating group) is 1. The van der Waals surface area contributed by atoms with E-state index in [0.29, 0.717) is 17.9 Å². The molecule has 0 aliphatic rings. The highest BCUT2D eigenvalue weighted by molar-refractivity contribution is 6.33. The van der Waals surface area contributed by atoms with Crippen molar-refractivity contribution in [1.82, 2.24) is 0 Å². The molecule has 2 aromatic rings. The van der Waals surface area contributed by atoms with Gasteiger partial charge in [-0.2, -0.15) is 5.11 Å². The van der Waals surface area contributed by atoms with Crippen LogP contribution < -0.4 is 4.90 Å². The van der Waals surface area contributed by atoms with Gasteiger partial charge < -0.3 is 10.0 Å². The molecule has 0 fully saturated rings. The van der Waals surface area contributed by atoms with Crippen molar-refractivity contribution in [3.8, 4) is 0 Å². The van der Waals surface area contributed by atoms with Crippen LogP contribution in [0.25, 0.3) is 0 Å². The molecule has 0 spiro atoms. The summed E-state index contributed by atoms with van der Waals surface area (Å²) in [5.41, 5.74) is 1.94. The molecule has 1 N–H and O–H groups in total. The molecular weight excluding hydrogens is 428 g/mol. The SMILES string of the molecule is CCCCCCCCC(O)CN(CC)c1ccc(N=Nc2ccc([N+](=O)[O-])cc2Cl)cc1. The Bertz CT molecular complexity index is 874. The average molecular weight is 461 g/mol. The standard InChI is InChI=1S/C24H33ClN4O3/c1-3-5-6-7-8-9-10-22(30)18-28(4-2)20-13-11-19(12-14-20)26-27-24-16-15-21(29(31)32)17-23(24)25/h11-17,22,30H,3-10,18H2,1-2H3. The van der Waals surface area contributed by atoms with E-state index in [4.69, 9.17) is 11.6 Å². The molecule has 7 nitrogen and oxygen atoms in total. The van der Waals surface area contributed by atoms with Crippen molar-refractivity contribution in [2.24, 2.45) is 10.2 Å². The summed E-state index contributed by atoms with van der Waals surface area (Å²) >= 11 is 6.05. The molecule has 2 aromatic carbocycles. The van der Waals surface area contributed by atoms with E-state index < -0.39 is 4.92 Å². The summed E-state index contributed by atoms with van der Waals surface area (Å²) in [6, 6.07) is 11.7. The number of aliphatic hydroxyl groups is 1. The first-order valence-electron chi connectivity index (χ1n) is 11.3. The lowest BCUT2D eigenvalue weighted by Gasteiger charge is -2.26. The summed E-state index contributed by atoms with van der Waals surface area (Å²) in [5.74, 6) is 0. The third-order valence-electron chi connectivity index (χ3n) is 5.33. The third-order valence-corrected chi connectivity index (χ3v) is 5.64. The monoisotopic (exact) mass is 460 g/mol. The molecule has 0 aliphatic carbocycles. The number of hydrogen-bond donors (Lipinski definition) is 1. The Balaban J connectivity index is 1.89. The molecule has 0 heterocycles. The van der Waals surface area contributed by atoms with Gasteiger partial charge >= 0.3 is 0 Å². The fraction of sp³-hybridized carbons (Fsp3) is 0.500. The quantitative estimate of drug-likeness (QED) is 0.136. The van der Waals surface area contributed by atoms with E-state index in [1.165, 1.54) is 50.3 Å². The summed E-state index contributed by atoms with van der Waals surface area (Å²) < 4.78 is 0. The molecule has 8 heteroatoms. The Kier molecular flexibility index (Phi) is 11.1. The van der Waals surface area contributed by atoms with Crippen LogP contribution in [0.15, 0.2) is 52.7 Å². The molecule has 0 bridgehead atoms. The number of halogens is 1. The zero-order valence-electron chi connectivity index (χ0n) is 18.9. The molecule has 0 radical (unpaired) electrons. The van der Waals surface area contributed by atoms with Crippen LogP contribution in [0.2, 0.25) is 5.02 Å². The normalized spacial score (nSPS) is 12.2. The highest BCUT2D eigenvalue weighted by atomic mass is 35.5. The smallest absolute Gasteiger partial charge is 0.271 e. The van der Waals surface area contributed by atoms with E-state index >= 15 is 0 Å². The number of benzene rings is 2. The van der Waals surface area contributed by atoms with E-state index in [9.17, 15) is 15.2 Å². The maximum atomic E-state index is 10.8. The van der Waals surface area contributed by atoms with Gasteiger partial charge in [-0.05, 0) is 43.7 Å². The van der Waals surface area contributed by atoms with Gasteiger partial charge in [-0.15, -0.1) is 5.11 Å². The molecule has 174 valence electrons. The number of nitrogens with zero attached hydrogens (tertiary/aromatic N) is 4. The molecule has 2 rings (SSSR count). The average Bonchev–Trinajstić information content (AvgIpc) is 2.79. The topological polar surface area (TPSA) is 91.3 Å². The van der Waals surface area contributed by atoms with E-state index in [1.807, 2.05) is 24.3 Å².